The summed E-state index contributed by atoms with van der Waals surface area (Å²) in [5, 5.41) is 8.35. The lowest BCUT2D eigenvalue weighted by Gasteiger charge is -1.99. The highest BCUT2D eigenvalue weighted by Gasteiger charge is 2.03. The monoisotopic (exact) mass is 239 g/mol. The van der Waals surface area contributed by atoms with Crippen LogP contribution in [0.5, 0.6) is 0 Å². The zero-order valence-corrected chi connectivity index (χ0v) is 8.21. The molecule has 4 nitrogen and oxygen atoms in total. The van der Waals surface area contributed by atoms with E-state index in [-0.39, 0.29) is 5.56 Å². The molecule has 5 heteroatoms. The molecule has 0 amide bonds. The number of hydrogen-bond donors (Lipinski definition) is 1. The zero-order valence-electron chi connectivity index (χ0n) is 6.62. The van der Waals surface area contributed by atoms with Crippen molar-refractivity contribution in [1.82, 2.24) is 15.2 Å². The second-order valence-electron chi connectivity index (χ2n) is 2.55. The molecule has 2 aromatic rings. The van der Waals surface area contributed by atoms with E-state index in [9.17, 15) is 4.79 Å². The van der Waals surface area contributed by atoms with Crippen LogP contribution < -0.4 is 5.56 Å². The quantitative estimate of drug-likeness (QED) is 0.762. The Balaban J connectivity index is 2.93. The van der Waals surface area contributed by atoms with Crippen molar-refractivity contribution >= 4 is 26.7 Å². The minimum atomic E-state index is -0.179. The van der Waals surface area contributed by atoms with Gasteiger partial charge in [-0.1, -0.05) is 15.9 Å². The van der Waals surface area contributed by atoms with Gasteiger partial charge in [-0.3, -0.25) is 9.78 Å². The number of hydrogen-bond acceptors (Lipinski definition) is 3. The van der Waals surface area contributed by atoms with E-state index in [1.165, 1.54) is 0 Å². The van der Waals surface area contributed by atoms with Crippen molar-refractivity contribution in [3.05, 3.63) is 34.5 Å². The van der Waals surface area contributed by atoms with Gasteiger partial charge in [-0.05, 0) is 6.07 Å². The summed E-state index contributed by atoms with van der Waals surface area (Å²) in [7, 11) is 0. The third kappa shape index (κ3) is 1.35. The number of aromatic amines is 1. The second-order valence-corrected chi connectivity index (χ2v) is 3.12. The third-order valence-electron chi connectivity index (χ3n) is 1.80. The third-order valence-corrected chi connectivity index (χ3v) is 2.33. The smallest absolute Gasteiger partial charge is 0.267 e. The molecule has 66 valence electrons. The predicted molar refractivity (Wildman–Crippen MR) is 52.8 cm³/mol. The SMILES string of the molecule is O=c1[nH]nc(CBr)c2cnccc12. The van der Waals surface area contributed by atoms with Crippen molar-refractivity contribution in [1.29, 1.82) is 0 Å². The molecule has 0 fully saturated rings. The van der Waals surface area contributed by atoms with E-state index >= 15 is 0 Å². The van der Waals surface area contributed by atoms with Gasteiger partial charge in [-0.2, -0.15) is 5.10 Å². The van der Waals surface area contributed by atoms with Crippen LogP contribution in [0.3, 0.4) is 0 Å². The normalized spacial score (nSPS) is 10.5. The number of nitrogens with zero attached hydrogens (tertiary/aromatic N) is 2. The van der Waals surface area contributed by atoms with Gasteiger partial charge in [0, 0.05) is 23.1 Å². The van der Waals surface area contributed by atoms with Crippen molar-refractivity contribution in [3.63, 3.8) is 0 Å². The van der Waals surface area contributed by atoms with Crippen molar-refractivity contribution in [3.8, 4) is 0 Å². The fourth-order valence-corrected chi connectivity index (χ4v) is 1.59. The van der Waals surface area contributed by atoms with Crippen LogP contribution in [0.4, 0.5) is 0 Å². The Morgan fingerprint density at radius 3 is 3.08 bits per heavy atom. The van der Waals surface area contributed by atoms with Gasteiger partial charge in [0.25, 0.3) is 5.56 Å². The van der Waals surface area contributed by atoms with Gasteiger partial charge in [-0.25, -0.2) is 5.10 Å². The van der Waals surface area contributed by atoms with E-state index < -0.39 is 0 Å². The van der Waals surface area contributed by atoms with Gasteiger partial charge in [0.1, 0.15) is 0 Å². The lowest BCUT2D eigenvalue weighted by molar-refractivity contribution is 0.963. The Kier molecular flexibility index (Phi) is 2.10. The van der Waals surface area contributed by atoms with Crippen LogP contribution in [0.1, 0.15) is 5.69 Å². The minimum absolute atomic E-state index is 0.179. The molecule has 0 bridgehead atoms. The summed E-state index contributed by atoms with van der Waals surface area (Å²) in [5.41, 5.74) is 0.616. The topological polar surface area (TPSA) is 58.6 Å². The summed E-state index contributed by atoms with van der Waals surface area (Å²) in [5.74, 6) is 0. The van der Waals surface area contributed by atoms with E-state index in [1.54, 1.807) is 18.5 Å². The Bertz CT molecular complexity index is 494. The predicted octanol–water partition coefficient (Wildman–Crippen LogP) is 1.21. The summed E-state index contributed by atoms with van der Waals surface area (Å²) in [6.07, 6.45) is 3.24. The van der Waals surface area contributed by atoms with Crippen LogP contribution in [0, 0.1) is 0 Å². The largest absolute Gasteiger partial charge is 0.272 e. The lowest BCUT2D eigenvalue weighted by Crippen LogP contribution is -2.10. The maximum absolute atomic E-state index is 11.3. The molecular formula is C8H6BrN3O. The Hall–Kier alpha value is -1.23. The fourth-order valence-electron chi connectivity index (χ4n) is 1.16. The first-order valence-corrected chi connectivity index (χ1v) is 4.82. The first-order valence-electron chi connectivity index (χ1n) is 3.70. The molecule has 0 aliphatic rings. The van der Waals surface area contributed by atoms with Crippen molar-refractivity contribution in [2.24, 2.45) is 0 Å². The molecule has 0 aliphatic carbocycles. The van der Waals surface area contributed by atoms with E-state index in [1.807, 2.05) is 0 Å². The average molecular weight is 240 g/mol. The molecular weight excluding hydrogens is 234 g/mol. The zero-order chi connectivity index (χ0) is 9.26. The highest BCUT2D eigenvalue weighted by atomic mass is 79.9. The molecule has 0 unspecified atom stereocenters. The van der Waals surface area contributed by atoms with Crippen LogP contribution in [-0.4, -0.2) is 15.2 Å². The van der Waals surface area contributed by atoms with E-state index in [2.05, 4.69) is 31.1 Å². The Morgan fingerprint density at radius 2 is 2.31 bits per heavy atom. The maximum atomic E-state index is 11.3. The van der Waals surface area contributed by atoms with Gasteiger partial charge in [-0.15, -0.1) is 0 Å². The fraction of sp³-hybridized carbons (Fsp3) is 0.125. The van der Waals surface area contributed by atoms with E-state index in [0.29, 0.717) is 10.7 Å². The number of aromatic nitrogens is 3. The maximum Gasteiger partial charge on any atom is 0.272 e. The molecule has 1 N–H and O–H groups in total. The highest BCUT2D eigenvalue weighted by molar-refractivity contribution is 9.08. The molecule has 13 heavy (non-hydrogen) atoms. The molecule has 0 saturated carbocycles. The highest BCUT2D eigenvalue weighted by Crippen LogP contribution is 2.12. The standard InChI is InChI=1S/C8H6BrN3O/c9-3-7-6-4-10-2-1-5(6)8(13)12-11-7/h1-2,4H,3H2,(H,12,13). The number of rotatable bonds is 1. The number of alkyl halides is 1. The number of nitrogens with one attached hydrogen (secondary N) is 1. The second kappa shape index (κ2) is 3.26. The number of H-pyrrole nitrogens is 1. The first-order chi connectivity index (χ1) is 6.33. The van der Waals surface area contributed by atoms with Crippen LogP contribution in [0.2, 0.25) is 0 Å². The molecule has 2 rings (SSSR count). The summed E-state index contributed by atoms with van der Waals surface area (Å²) >= 11 is 3.29. The molecule has 0 aliphatic heterocycles. The van der Waals surface area contributed by atoms with E-state index in [0.717, 1.165) is 11.1 Å². The molecule has 2 aromatic heterocycles. The molecule has 0 radical (unpaired) electrons. The van der Waals surface area contributed by atoms with Crippen molar-refractivity contribution < 1.29 is 0 Å². The summed E-state index contributed by atoms with van der Waals surface area (Å²) < 4.78 is 0. The average Bonchev–Trinajstić information content (AvgIpc) is 2.19. The van der Waals surface area contributed by atoms with Crippen LogP contribution in [0.15, 0.2) is 23.3 Å². The van der Waals surface area contributed by atoms with E-state index in [4.69, 9.17) is 0 Å². The molecule has 0 aromatic carbocycles. The van der Waals surface area contributed by atoms with Gasteiger partial charge in [0.15, 0.2) is 0 Å². The summed E-state index contributed by atoms with van der Waals surface area (Å²) in [4.78, 5) is 15.2. The molecule has 0 saturated heterocycles. The van der Waals surface area contributed by atoms with Crippen molar-refractivity contribution in [2.75, 3.05) is 0 Å². The molecule has 2 heterocycles. The Morgan fingerprint density at radius 1 is 1.46 bits per heavy atom. The van der Waals surface area contributed by atoms with Crippen LogP contribution >= 0.6 is 15.9 Å². The summed E-state index contributed by atoms with van der Waals surface area (Å²) in [6.45, 7) is 0. The van der Waals surface area contributed by atoms with Gasteiger partial charge < -0.3 is 0 Å². The lowest BCUT2D eigenvalue weighted by atomic mass is 10.2. The van der Waals surface area contributed by atoms with Gasteiger partial charge in [0.2, 0.25) is 0 Å². The van der Waals surface area contributed by atoms with Gasteiger partial charge >= 0.3 is 0 Å². The number of fused-ring (bicyclic) bond motifs is 1. The van der Waals surface area contributed by atoms with Gasteiger partial charge in [0.05, 0.1) is 11.1 Å². The Labute approximate surface area is 82.1 Å². The van der Waals surface area contributed by atoms with Crippen LogP contribution in [0.25, 0.3) is 10.8 Å². The summed E-state index contributed by atoms with van der Waals surface area (Å²) in [6, 6.07) is 1.68. The first kappa shape index (κ1) is 8.37. The number of pyridine rings is 1. The minimum Gasteiger partial charge on any atom is -0.267 e. The number of halogens is 1. The van der Waals surface area contributed by atoms with Crippen molar-refractivity contribution in [2.45, 2.75) is 5.33 Å². The molecule has 0 atom stereocenters. The molecule has 0 spiro atoms. The van der Waals surface area contributed by atoms with Crippen LogP contribution in [-0.2, 0) is 5.33 Å².